The van der Waals surface area contributed by atoms with Crippen molar-refractivity contribution in [1.29, 1.82) is 5.26 Å². The topological polar surface area (TPSA) is 88.9 Å². The van der Waals surface area contributed by atoms with Gasteiger partial charge < -0.3 is 14.8 Å². The number of nitrogens with zero attached hydrogens (tertiary/aromatic N) is 5. The van der Waals surface area contributed by atoms with Gasteiger partial charge in [0.15, 0.2) is 0 Å². The third-order valence-electron chi connectivity index (χ3n) is 5.30. The number of carbonyl (C=O) groups is 1. The highest BCUT2D eigenvalue weighted by molar-refractivity contribution is 6.34. The first-order chi connectivity index (χ1) is 13.6. The van der Waals surface area contributed by atoms with E-state index in [2.05, 4.69) is 19.9 Å². The molecule has 1 aromatic carbocycles. The zero-order chi connectivity index (χ0) is 19.7. The summed E-state index contributed by atoms with van der Waals surface area (Å²) >= 11 is 6.20. The number of benzene rings is 1. The Balaban J connectivity index is 1.45. The average Bonchev–Trinajstić information content (AvgIpc) is 3.21. The van der Waals surface area contributed by atoms with Gasteiger partial charge in [0, 0.05) is 32.4 Å². The number of H-pyrrole nitrogens is 1. The molecule has 1 N–H and O–H groups in total. The Kier molecular flexibility index (Phi) is 4.88. The van der Waals surface area contributed by atoms with Crippen LogP contribution in [0.15, 0.2) is 36.8 Å². The molecule has 1 aliphatic heterocycles. The van der Waals surface area contributed by atoms with E-state index in [4.69, 9.17) is 16.9 Å². The van der Waals surface area contributed by atoms with Crippen LogP contribution >= 0.6 is 11.6 Å². The summed E-state index contributed by atoms with van der Waals surface area (Å²) in [6.07, 6.45) is 5.10. The summed E-state index contributed by atoms with van der Waals surface area (Å²) in [5.74, 6) is 0.803. The number of likely N-dealkylation sites (tertiary alicyclic amines) is 1. The van der Waals surface area contributed by atoms with Crippen LogP contribution in [0.4, 0.5) is 5.82 Å². The van der Waals surface area contributed by atoms with Crippen molar-refractivity contribution in [2.24, 2.45) is 0 Å². The Morgan fingerprint density at radius 3 is 2.82 bits per heavy atom. The van der Waals surface area contributed by atoms with E-state index >= 15 is 0 Å². The molecule has 0 atom stereocenters. The molecular formula is C20H19ClN6O. The molecule has 2 aromatic heterocycles. The molecule has 28 heavy (non-hydrogen) atoms. The average molecular weight is 395 g/mol. The van der Waals surface area contributed by atoms with Gasteiger partial charge in [-0.05, 0) is 37.1 Å². The van der Waals surface area contributed by atoms with Crippen molar-refractivity contribution in [2.75, 3.05) is 25.0 Å². The highest BCUT2D eigenvalue weighted by atomic mass is 35.5. The third kappa shape index (κ3) is 3.27. The largest absolute Gasteiger partial charge is 0.356 e. The molecule has 0 spiro atoms. The number of aromatic nitrogens is 3. The lowest BCUT2D eigenvalue weighted by atomic mass is 10.0. The molecule has 0 aliphatic carbocycles. The van der Waals surface area contributed by atoms with Gasteiger partial charge in [0.25, 0.3) is 5.91 Å². The molecular weight excluding hydrogens is 376 g/mol. The molecule has 0 saturated carbocycles. The number of nitriles is 1. The van der Waals surface area contributed by atoms with Gasteiger partial charge in [-0.2, -0.15) is 5.26 Å². The van der Waals surface area contributed by atoms with Crippen molar-refractivity contribution < 1.29 is 4.79 Å². The molecule has 142 valence electrons. The quantitative estimate of drug-likeness (QED) is 0.736. The normalized spacial score (nSPS) is 14.8. The van der Waals surface area contributed by atoms with Crippen LogP contribution in [0.3, 0.4) is 0 Å². The monoisotopic (exact) mass is 394 g/mol. The molecule has 1 saturated heterocycles. The van der Waals surface area contributed by atoms with Crippen molar-refractivity contribution >= 4 is 34.4 Å². The van der Waals surface area contributed by atoms with Crippen LogP contribution in [-0.2, 0) is 0 Å². The minimum Gasteiger partial charge on any atom is -0.356 e. The Morgan fingerprint density at radius 2 is 2.11 bits per heavy atom. The van der Waals surface area contributed by atoms with Crippen LogP contribution in [0.25, 0.3) is 11.0 Å². The summed E-state index contributed by atoms with van der Waals surface area (Å²) in [4.78, 5) is 28.6. The number of rotatable bonds is 3. The van der Waals surface area contributed by atoms with E-state index in [0.717, 1.165) is 29.7 Å². The molecule has 0 bridgehead atoms. The number of carbonyl (C=O) groups excluding carboxylic acids is 1. The smallest absolute Gasteiger partial charge is 0.255 e. The van der Waals surface area contributed by atoms with E-state index in [9.17, 15) is 4.79 Å². The van der Waals surface area contributed by atoms with Crippen molar-refractivity contribution in [1.82, 2.24) is 19.9 Å². The third-order valence-corrected chi connectivity index (χ3v) is 5.61. The van der Waals surface area contributed by atoms with E-state index in [1.54, 1.807) is 18.5 Å². The number of nitrogens with one attached hydrogen (secondary N) is 1. The lowest BCUT2D eigenvalue weighted by molar-refractivity contribution is 0.0713. The molecule has 1 aliphatic rings. The summed E-state index contributed by atoms with van der Waals surface area (Å²) in [5, 5.41) is 10.3. The van der Waals surface area contributed by atoms with E-state index in [0.29, 0.717) is 29.2 Å². The number of piperidine rings is 1. The molecule has 0 unspecified atom stereocenters. The molecule has 1 amide bonds. The first-order valence-electron chi connectivity index (χ1n) is 9.08. The van der Waals surface area contributed by atoms with Gasteiger partial charge in [-0.25, -0.2) is 9.97 Å². The predicted molar refractivity (Wildman–Crippen MR) is 107 cm³/mol. The maximum atomic E-state index is 12.8. The van der Waals surface area contributed by atoms with Crippen LogP contribution in [0.5, 0.6) is 0 Å². The molecule has 4 rings (SSSR count). The van der Waals surface area contributed by atoms with Gasteiger partial charge in [0.1, 0.15) is 17.8 Å². The SMILES string of the molecule is CN(c1ncnc2[nH]ccc12)C1CCN(C(=O)c2ccc(C#N)cc2Cl)CC1. The van der Waals surface area contributed by atoms with Crippen molar-refractivity contribution in [3.63, 3.8) is 0 Å². The second-order valence-electron chi connectivity index (χ2n) is 6.88. The van der Waals surface area contributed by atoms with Crippen molar-refractivity contribution in [3.8, 4) is 6.07 Å². The number of aromatic amines is 1. The van der Waals surface area contributed by atoms with E-state index in [1.807, 2.05) is 30.3 Å². The molecule has 7 nitrogen and oxygen atoms in total. The fourth-order valence-corrected chi connectivity index (χ4v) is 3.96. The summed E-state index contributed by atoms with van der Waals surface area (Å²) in [6, 6.07) is 9.08. The van der Waals surface area contributed by atoms with Crippen LogP contribution < -0.4 is 4.90 Å². The van der Waals surface area contributed by atoms with E-state index in [1.165, 1.54) is 6.07 Å². The Labute approximate surface area is 167 Å². The van der Waals surface area contributed by atoms with E-state index in [-0.39, 0.29) is 11.9 Å². The second kappa shape index (κ2) is 7.49. The highest BCUT2D eigenvalue weighted by Gasteiger charge is 2.28. The van der Waals surface area contributed by atoms with E-state index < -0.39 is 0 Å². The molecule has 1 fully saturated rings. The Morgan fingerprint density at radius 1 is 1.32 bits per heavy atom. The summed E-state index contributed by atoms with van der Waals surface area (Å²) in [5.41, 5.74) is 1.71. The fraction of sp³-hybridized carbons (Fsp3) is 0.300. The lowest BCUT2D eigenvalue weighted by Crippen LogP contribution is -2.46. The Hall–Kier alpha value is -3.11. The predicted octanol–water partition coefficient (Wildman–Crippen LogP) is 3.22. The molecule has 3 aromatic rings. The number of fused-ring (bicyclic) bond motifs is 1. The van der Waals surface area contributed by atoms with Crippen LogP contribution in [-0.4, -0.2) is 51.9 Å². The van der Waals surface area contributed by atoms with Gasteiger partial charge in [0.2, 0.25) is 0 Å². The Bertz CT molecular complexity index is 1060. The van der Waals surface area contributed by atoms with Crippen LogP contribution in [0.1, 0.15) is 28.8 Å². The number of halogens is 1. The van der Waals surface area contributed by atoms with Gasteiger partial charge in [-0.1, -0.05) is 11.6 Å². The second-order valence-corrected chi connectivity index (χ2v) is 7.29. The molecule has 0 radical (unpaired) electrons. The fourth-order valence-electron chi connectivity index (χ4n) is 3.70. The summed E-state index contributed by atoms with van der Waals surface area (Å²) in [7, 11) is 2.04. The van der Waals surface area contributed by atoms with Crippen molar-refractivity contribution in [3.05, 3.63) is 52.9 Å². The lowest BCUT2D eigenvalue weighted by Gasteiger charge is -2.37. The number of hydrogen-bond acceptors (Lipinski definition) is 5. The number of anilines is 1. The number of hydrogen-bond donors (Lipinski definition) is 1. The van der Waals surface area contributed by atoms with Gasteiger partial charge >= 0.3 is 0 Å². The zero-order valence-electron chi connectivity index (χ0n) is 15.4. The van der Waals surface area contributed by atoms with Crippen molar-refractivity contribution in [2.45, 2.75) is 18.9 Å². The zero-order valence-corrected chi connectivity index (χ0v) is 16.1. The van der Waals surface area contributed by atoms with Gasteiger partial charge in [-0.3, -0.25) is 4.79 Å². The maximum Gasteiger partial charge on any atom is 0.255 e. The minimum atomic E-state index is -0.0920. The minimum absolute atomic E-state index is 0.0920. The highest BCUT2D eigenvalue weighted by Crippen LogP contribution is 2.27. The van der Waals surface area contributed by atoms with Gasteiger partial charge in [-0.15, -0.1) is 0 Å². The first-order valence-corrected chi connectivity index (χ1v) is 9.46. The maximum absolute atomic E-state index is 12.8. The standard InChI is InChI=1S/C20H19ClN6O/c1-26(19-16-4-7-23-18(16)24-12-25-19)14-5-8-27(9-6-14)20(28)15-3-2-13(11-22)10-17(15)21/h2-4,7,10,12,14H,5-6,8-9H2,1H3,(H,23,24,25). The molecule has 3 heterocycles. The van der Waals surface area contributed by atoms with Crippen LogP contribution in [0, 0.1) is 11.3 Å². The summed E-state index contributed by atoms with van der Waals surface area (Å²) < 4.78 is 0. The van der Waals surface area contributed by atoms with Gasteiger partial charge in [0.05, 0.1) is 27.6 Å². The first kappa shape index (κ1) is 18.3. The number of amides is 1. The summed E-state index contributed by atoms with van der Waals surface area (Å²) in [6.45, 7) is 1.29. The van der Waals surface area contributed by atoms with Crippen LogP contribution in [0.2, 0.25) is 5.02 Å². The molecule has 8 heteroatoms.